The third-order valence-electron chi connectivity index (χ3n) is 4.39. The minimum absolute atomic E-state index is 0.0288. The van der Waals surface area contributed by atoms with Gasteiger partial charge < -0.3 is 14.6 Å². The van der Waals surface area contributed by atoms with Crippen LogP contribution in [0.25, 0.3) is 0 Å². The number of carbonyl (C=O) groups excluding carboxylic acids is 2. The average Bonchev–Trinajstić information content (AvgIpc) is 3.04. The fourth-order valence-corrected chi connectivity index (χ4v) is 3.26. The number of fused-ring (bicyclic) bond motifs is 1. The Bertz CT molecular complexity index is 756. The van der Waals surface area contributed by atoms with Crippen LogP contribution in [0.3, 0.4) is 0 Å². The fourth-order valence-electron chi connectivity index (χ4n) is 3.10. The number of ether oxygens (including phenoxy) is 1. The Kier molecular flexibility index (Phi) is 4.90. The molecule has 2 aromatic rings. The summed E-state index contributed by atoms with van der Waals surface area (Å²) < 4.78 is 5.08. The lowest BCUT2D eigenvalue weighted by molar-refractivity contribution is -0.135. The summed E-state index contributed by atoms with van der Waals surface area (Å²) in [6.45, 7) is -0.287. The molecule has 6 heteroatoms. The second-order valence-corrected chi connectivity index (χ2v) is 6.36. The van der Waals surface area contributed by atoms with E-state index < -0.39 is 5.97 Å². The number of esters is 1. The van der Waals surface area contributed by atoms with Gasteiger partial charge >= 0.3 is 5.97 Å². The zero-order valence-electron chi connectivity index (χ0n) is 13.4. The van der Waals surface area contributed by atoms with Crippen molar-refractivity contribution in [1.82, 2.24) is 9.88 Å². The van der Waals surface area contributed by atoms with Crippen molar-refractivity contribution in [3.8, 4) is 0 Å². The van der Waals surface area contributed by atoms with Crippen LogP contribution in [0, 0.1) is 0 Å². The van der Waals surface area contributed by atoms with E-state index in [0.717, 1.165) is 19.3 Å². The molecule has 1 amide bonds. The van der Waals surface area contributed by atoms with Crippen LogP contribution in [-0.4, -0.2) is 35.4 Å². The van der Waals surface area contributed by atoms with Crippen LogP contribution < -0.4 is 0 Å². The molecule has 0 saturated carbocycles. The van der Waals surface area contributed by atoms with E-state index in [-0.39, 0.29) is 24.2 Å². The quantitative estimate of drug-likeness (QED) is 0.863. The van der Waals surface area contributed by atoms with Crippen LogP contribution in [0.4, 0.5) is 0 Å². The Morgan fingerprint density at radius 2 is 2.17 bits per heavy atom. The molecule has 3 rings (SSSR count). The highest BCUT2D eigenvalue weighted by atomic mass is 35.5. The number of aromatic amines is 1. The maximum Gasteiger partial charge on any atom is 0.355 e. The number of carbonyl (C=O) groups is 2. The summed E-state index contributed by atoms with van der Waals surface area (Å²) in [5, 5.41) is 0.421. The first-order chi connectivity index (χ1) is 11.6. The van der Waals surface area contributed by atoms with Crippen molar-refractivity contribution in [2.45, 2.75) is 25.3 Å². The Balaban J connectivity index is 1.62. The summed E-state index contributed by atoms with van der Waals surface area (Å²) in [6.07, 6.45) is 4.49. The van der Waals surface area contributed by atoms with E-state index in [1.165, 1.54) is 23.4 Å². The number of aromatic nitrogens is 1. The minimum Gasteiger partial charge on any atom is -0.451 e. The van der Waals surface area contributed by atoms with Crippen molar-refractivity contribution in [2.24, 2.45) is 0 Å². The third kappa shape index (κ3) is 3.46. The molecule has 0 radical (unpaired) electrons. The first-order valence-corrected chi connectivity index (χ1v) is 8.28. The summed E-state index contributed by atoms with van der Waals surface area (Å²) in [7, 11) is 1.76. The van der Waals surface area contributed by atoms with Crippen LogP contribution in [0.5, 0.6) is 0 Å². The molecular formula is C18H19ClN2O3. The van der Waals surface area contributed by atoms with Gasteiger partial charge in [0.05, 0.1) is 11.1 Å². The highest BCUT2D eigenvalue weighted by Crippen LogP contribution is 2.33. The average molecular weight is 347 g/mol. The lowest BCUT2D eigenvalue weighted by Gasteiger charge is -2.33. The summed E-state index contributed by atoms with van der Waals surface area (Å²) >= 11 is 5.75. The van der Waals surface area contributed by atoms with E-state index >= 15 is 0 Å². The third-order valence-corrected chi connectivity index (χ3v) is 4.61. The number of benzene rings is 1. The van der Waals surface area contributed by atoms with Gasteiger partial charge in [-0.2, -0.15) is 0 Å². The van der Waals surface area contributed by atoms with Gasteiger partial charge in [-0.25, -0.2) is 4.79 Å². The van der Waals surface area contributed by atoms with E-state index in [9.17, 15) is 9.59 Å². The molecule has 1 aromatic carbocycles. The lowest BCUT2D eigenvalue weighted by Crippen LogP contribution is -2.36. The molecule has 1 aliphatic carbocycles. The summed E-state index contributed by atoms with van der Waals surface area (Å²) in [4.78, 5) is 28.7. The van der Waals surface area contributed by atoms with Gasteiger partial charge in [0, 0.05) is 13.2 Å². The van der Waals surface area contributed by atoms with E-state index in [4.69, 9.17) is 16.3 Å². The number of halogens is 1. The standard InChI is InChI=1S/C18H19ClN2O3/c1-21(16-8-4-6-12-5-2-3-7-14(12)16)17(22)11-24-18(23)15-9-13(19)10-20-15/h2-3,5,7,9-10,16,20H,4,6,8,11H2,1H3/t16-/m1/s1. The molecule has 1 heterocycles. The highest BCUT2D eigenvalue weighted by molar-refractivity contribution is 6.30. The normalized spacial score (nSPS) is 16.3. The molecule has 0 unspecified atom stereocenters. The zero-order valence-corrected chi connectivity index (χ0v) is 14.2. The van der Waals surface area contributed by atoms with Crippen molar-refractivity contribution in [3.05, 3.63) is 58.4 Å². The van der Waals surface area contributed by atoms with Crippen LogP contribution in [0.1, 0.15) is 40.5 Å². The first-order valence-electron chi connectivity index (χ1n) is 7.91. The monoisotopic (exact) mass is 346 g/mol. The van der Waals surface area contributed by atoms with Gasteiger partial charge in [-0.05, 0) is 36.5 Å². The Morgan fingerprint density at radius 1 is 1.38 bits per heavy atom. The van der Waals surface area contributed by atoms with Crippen LogP contribution in [0.15, 0.2) is 36.5 Å². The van der Waals surface area contributed by atoms with Crippen molar-refractivity contribution in [3.63, 3.8) is 0 Å². The zero-order chi connectivity index (χ0) is 17.1. The Hall–Kier alpha value is -2.27. The molecule has 0 fully saturated rings. The molecule has 1 atom stereocenters. The van der Waals surface area contributed by atoms with E-state index in [1.54, 1.807) is 11.9 Å². The topological polar surface area (TPSA) is 62.4 Å². The molecule has 0 spiro atoms. The molecule has 24 heavy (non-hydrogen) atoms. The van der Waals surface area contributed by atoms with Crippen LogP contribution >= 0.6 is 11.6 Å². The predicted octanol–water partition coefficient (Wildman–Crippen LogP) is 3.36. The van der Waals surface area contributed by atoms with Gasteiger partial charge in [0.25, 0.3) is 5.91 Å². The smallest absolute Gasteiger partial charge is 0.355 e. The van der Waals surface area contributed by atoms with Crippen LogP contribution in [-0.2, 0) is 16.0 Å². The van der Waals surface area contributed by atoms with Crippen molar-refractivity contribution < 1.29 is 14.3 Å². The van der Waals surface area contributed by atoms with Gasteiger partial charge in [-0.3, -0.25) is 4.79 Å². The van der Waals surface area contributed by atoms with E-state index in [0.29, 0.717) is 5.02 Å². The lowest BCUT2D eigenvalue weighted by atomic mass is 9.87. The number of hydrogen-bond donors (Lipinski definition) is 1. The molecule has 1 aromatic heterocycles. The number of H-pyrrole nitrogens is 1. The maximum absolute atomic E-state index is 12.4. The number of amides is 1. The second kappa shape index (κ2) is 7.09. The number of rotatable bonds is 4. The minimum atomic E-state index is -0.590. The molecule has 1 N–H and O–H groups in total. The number of hydrogen-bond acceptors (Lipinski definition) is 3. The number of nitrogens with one attached hydrogen (secondary N) is 1. The molecule has 5 nitrogen and oxygen atoms in total. The van der Waals surface area contributed by atoms with Gasteiger partial charge in [0.15, 0.2) is 6.61 Å². The molecule has 0 saturated heterocycles. The van der Waals surface area contributed by atoms with Gasteiger partial charge in [0.2, 0.25) is 0 Å². The summed E-state index contributed by atoms with van der Waals surface area (Å²) in [6, 6.07) is 9.68. The molecule has 0 aliphatic heterocycles. The molecular weight excluding hydrogens is 328 g/mol. The Morgan fingerprint density at radius 3 is 2.92 bits per heavy atom. The summed E-state index contributed by atoms with van der Waals surface area (Å²) in [5.74, 6) is -0.810. The molecule has 1 aliphatic rings. The second-order valence-electron chi connectivity index (χ2n) is 5.92. The molecule has 126 valence electrons. The van der Waals surface area contributed by atoms with E-state index in [1.807, 2.05) is 12.1 Å². The van der Waals surface area contributed by atoms with E-state index in [2.05, 4.69) is 17.1 Å². The molecule has 0 bridgehead atoms. The largest absolute Gasteiger partial charge is 0.451 e. The van der Waals surface area contributed by atoms with Gasteiger partial charge in [-0.15, -0.1) is 0 Å². The first kappa shape index (κ1) is 16.6. The van der Waals surface area contributed by atoms with Crippen molar-refractivity contribution >= 4 is 23.5 Å². The number of likely N-dealkylation sites (N-methyl/N-ethyl adjacent to an activating group) is 1. The predicted molar refractivity (Wildman–Crippen MR) is 91.0 cm³/mol. The Labute approximate surface area is 145 Å². The van der Waals surface area contributed by atoms with Crippen molar-refractivity contribution in [1.29, 1.82) is 0 Å². The van der Waals surface area contributed by atoms with Crippen molar-refractivity contribution in [2.75, 3.05) is 13.7 Å². The van der Waals surface area contributed by atoms with Gasteiger partial charge in [0.1, 0.15) is 5.69 Å². The van der Waals surface area contributed by atoms with Crippen LogP contribution in [0.2, 0.25) is 5.02 Å². The fraction of sp³-hybridized carbons (Fsp3) is 0.333. The summed E-state index contributed by atoms with van der Waals surface area (Å²) in [5.41, 5.74) is 2.70. The SMILES string of the molecule is CN(C(=O)COC(=O)c1cc(Cl)c[nH]1)[C@@H]1CCCc2ccccc21. The highest BCUT2D eigenvalue weighted by Gasteiger charge is 2.27. The van der Waals surface area contributed by atoms with Gasteiger partial charge in [-0.1, -0.05) is 35.9 Å². The number of nitrogens with zero attached hydrogens (tertiary/aromatic N) is 1. The number of aryl methyl sites for hydroxylation is 1. The maximum atomic E-state index is 12.4.